The molecule has 1 rings (SSSR count). The van der Waals surface area contributed by atoms with Gasteiger partial charge in [0.15, 0.2) is 0 Å². The van der Waals surface area contributed by atoms with Gasteiger partial charge in [0, 0.05) is 6.42 Å². The zero-order valence-corrected chi connectivity index (χ0v) is 12.3. The second-order valence-corrected chi connectivity index (χ2v) is 5.43. The van der Waals surface area contributed by atoms with Crippen molar-refractivity contribution in [2.45, 2.75) is 32.6 Å². The summed E-state index contributed by atoms with van der Waals surface area (Å²) in [5.41, 5.74) is 6.91. The Morgan fingerprint density at radius 2 is 2.00 bits per heavy atom. The second kappa shape index (κ2) is 8.59. The molecule has 112 valence electrons. The number of carboxylic acid groups (broad SMARTS) is 1. The zero-order chi connectivity index (χ0) is 15.0. The summed E-state index contributed by atoms with van der Waals surface area (Å²) in [7, 11) is 1.66. The molecular weight excluding hydrogens is 254 g/mol. The smallest absolute Gasteiger partial charge is 0.303 e. The molecule has 0 unspecified atom stereocenters. The molecule has 1 aromatic rings. The largest absolute Gasteiger partial charge is 0.497 e. The Kier molecular flexibility index (Phi) is 7.09. The number of benzene rings is 1. The van der Waals surface area contributed by atoms with Crippen molar-refractivity contribution in [1.29, 1.82) is 0 Å². The monoisotopic (exact) mass is 279 g/mol. The van der Waals surface area contributed by atoms with Crippen molar-refractivity contribution >= 4 is 5.97 Å². The van der Waals surface area contributed by atoms with Crippen LogP contribution in [0.3, 0.4) is 0 Å². The van der Waals surface area contributed by atoms with Gasteiger partial charge in [0.1, 0.15) is 5.75 Å². The SMILES string of the molecule is COc1ccc(CC[C@@H](C)C[C@H](CN)CC(=O)O)cc1. The van der Waals surface area contributed by atoms with Crippen LogP contribution in [-0.2, 0) is 11.2 Å². The molecule has 3 N–H and O–H groups in total. The lowest BCUT2D eigenvalue weighted by Crippen LogP contribution is -2.20. The first-order chi connectivity index (χ1) is 9.55. The Balaban J connectivity index is 2.37. The average Bonchev–Trinajstić information content (AvgIpc) is 2.44. The molecule has 1 aromatic carbocycles. The van der Waals surface area contributed by atoms with Crippen LogP contribution in [0.5, 0.6) is 5.75 Å². The maximum absolute atomic E-state index is 10.7. The van der Waals surface area contributed by atoms with Gasteiger partial charge in [0.05, 0.1) is 7.11 Å². The van der Waals surface area contributed by atoms with Gasteiger partial charge in [-0.25, -0.2) is 0 Å². The highest BCUT2D eigenvalue weighted by Gasteiger charge is 2.15. The number of methoxy groups -OCH3 is 1. The van der Waals surface area contributed by atoms with Gasteiger partial charge in [-0.2, -0.15) is 0 Å². The minimum absolute atomic E-state index is 0.0818. The summed E-state index contributed by atoms with van der Waals surface area (Å²) in [6.45, 7) is 2.60. The first-order valence-electron chi connectivity index (χ1n) is 7.10. The Hall–Kier alpha value is -1.55. The minimum atomic E-state index is -0.761. The first-order valence-corrected chi connectivity index (χ1v) is 7.10. The van der Waals surface area contributed by atoms with E-state index < -0.39 is 5.97 Å². The fourth-order valence-electron chi connectivity index (χ4n) is 2.40. The Morgan fingerprint density at radius 3 is 2.50 bits per heavy atom. The van der Waals surface area contributed by atoms with Crippen LogP contribution >= 0.6 is 0 Å². The molecule has 0 saturated heterocycles. The number of hydrogen-bond donors (Lipinski definition) is 2. The van der Waals surface area contributed by atoms with Crippen LogP contribution in [0, 0.1) is 11.8 Å². The number of aryl methyl sites for hydroxylation is 1. The maximum atomic E-state index is 10.7. The third-order valence-electron chi connectivity index (χ3n) is 3.62. The van der Waals surface area contributed by atoms with Crippen LogP contribution in [0.15, 0.2) is 24.3 Å². The average molecular weight is 279 g/mol. The van der Waals surface area contributed by atoms with Crippen LogP contribution in [0.1, 0.15) is 31.7 Å². The van der Waals surface area contributed by atoms with Gasteiger partial charge in [-0.05, 0) is 55.3 Å². The molecule has 0 bridgehead atoms. The lowest BCUT2D eigenvalue weighted by molar-refractivity contribution is -0.138. The summed E-state index contributed by atoms with van der Waals surface area (Å²) < 4.78 is 5.13. The van der Waals surface area contributed by atoms with Gasteiger partial charge in [0.2, 0.25) is 0 Å². The summed E-state index contributed by atoms with van der Waals surface area (Å²) in [5.74, 6) is 0.664. The van der Waals surface area contributed by atoms with E-state index in [1.54, 1.807) is 7.11 Å². The lowest BCUT2D eigenvalue weighted by atomic mass is 9.89. The van der Waals surface area contributed by atoms with Gasteiger partial charge >= 0.3 is 5.97 Å². The molecule has 0 heterocycles. The molecule has 20 heavy (non-hydrogen) atoms. The molecule has 0 amide bonds. The Bertz CT molecular complexity index is 403. The van der Waals surface area contributed by atoms with Crippen molar-refractivity contribution in [3.63, 3.8) is 0 Å². The van der Waals surface area contributed by atoms with Crippen molar-refractivity contribution in [3.05, 3.63) is 29.8 Å². The van der Waals surface area contributed by atoms with Gasteiger partial charge in [-0.1, -0.05) is 19.1 Å². The highest BCUT2D eigenvalue weighted by Crippen LogP contribution is 2.20. The number of aliphatic carboxylic acids is 1. The van der Waals surface area contributed by atoms with Crippen molar-refractivity contribution in [2.75, 3.05) is 13.7 Å². The molecule has 0 spiro atoms. The van der Waals surface area contributed by atoms with E-state index in [0.717, 1.165) is 25.0 Å². The highest BCUT2D eigenvalue weighted by molar-refractivity contribution is 5.67. The van der Waals surface area contributed by atoms with Crippen LogP contribution in [0.4, 0.5) is 0 Å². The molecule has 2 atom stereocenters. The van der Waals surface area contributed by atoms with Crippen LogP contribution in [-0.4, -0.2) is 24.7 Å². The molecular formula is C16H25NO3. The number of ether oxygens (including phenoxy) is 1. The summed E-state index contributed by atoms with van der Waals surface area (Å²) in [5, 5.41) is 8.82. The summed E-state index contributed by atoms with van der Waals surface area (Å²) in [6.07, 6.45) is 3.08. The predicted octanol–water partition coefficient (Wildman–Crippen LogP) is 2.70. The Labute approximate surface area is 120 Å². The molecule has 0 aliphatic rings. The zero-order valence-electron chi connectivity index (χ0n) is 12.3. The Morgan fingerprint density at radius 1 is 1.35 bits per heavy atom. The van der Waals surface area contributed by atoms with Gasteiger partial charge in [-0.15, -0.1) is 0 Å². The summed E-state index contributed by atoms with van der Waals surface area (Å²) in [4.78, 5) is 10.7. The van der Waals surface area contributed by atoms with E-state index in [4.69, 9.17) is 15.6 Å². The maximum Gasteiger partial charge on any atom is 0.303 e. The fourth-order valence-corrected chi connectivity index (χ4v) is 2.40. The molecule has 0 aliphatic carbocycles. The van der Waals surface area contributed by atoms with E-state index in [1.165, 1.54) is 5.56 Å². The van der Waals surface area contributed by atoms with Gasteiger partial charge < -0.3 is 15.6 Å². The number of hydrogen-bond acceptors (Lipinski definition) is 3. The standard InChI is InChI=1S/C16H25NO3/c1-12(9-14(11-17)10-16(18)19)3-4-13-5-7-15(20-2)8-6-13/h5-8,12,14H,3-4,9-11,17H2,1-2H3,(H,18,19)/t12-,14+/m1/s1. The summed E-state index contributed by atoms with van der Waals surface area (Å²) >= 11 is 0. The third kappa shape index (κ3) is 6.06. The number of nitrogens with two attached hydrogens (primary N) is 1. The van der Waals surface area contributed by atoms with Gasteiger partial charge in [0.25, 0.3) is 0 Å². The van der Waals surface area contributed by atoms with Crippen molar-refractivity contribution in [2.24, 2.45) is 17.6 Å². The quantitative estimate of drug-likeness (QED) is 0.729. The summed E-state index contributed by atoms with van der Waals surface area (Å²) in [6, 6.07) is 8.08. The predicted molar refractivity (Wildman–Crippen MR) is 79.9 cm³/mol. The van der Waals surface area contributed by atoms with E-state index in [0.29, 0.717) is 12.5 Å². The van der Waals surface area contributed by atoms with Crippen LogP contribution < -0.4 is 10.5 Å². The molecule has 0 radical (unpaired) electrons. The van der Waals surface area contributed by atoms with Crippen LogP contribution in [0.2, 0.25) is 0 Å². The molecule has 0 aromatic heterocycles. The number of rotatable bonds is 9. The molecule has 0 aliphatic heterocycles. The fraction of sp³-hybridized carbons (Fsp3) is 0.562. The first kappa shape index (κ1) is 16.5. The second-order valence-electron chi connectivity index (χ2n) is 5.43. The van der Waals surface area contributed by atoms with E-state index in [-0.39, 0.29) is 12.3 Å². The van der Waals surface area contributed by atoms with Crippen LogP contribution in [0.25, 0.3) is 0 Å². The van der Waals surface area contributed by atoms with Crippen molar-refractivity contribution in [3.8, 4) is 5.75 Å². The topological polar surface area (TPSA) is 72.5 Å². The number of carboxylic acids is 1. The van der Waals surface area contributed by atoms with E-state index >= 15 is 0 Å². The molecule has 4 nitrogen and oxygen atoms in total. The minimum Gasteiger partial charge on any atom is -0.497 e. The van der Waals surface area contributed by atoms with E-state index in [2.05, 4.69) is 19.1 Å². The van der Waals surface area contributed by atoms with Crippen molar-refractivity contribution < 1.29 is 14.6 Å². The number of carbonyl (C=O) groups is 1. The lowest BCUT2D eigenvalue weighted by Gasteiger charge is -2.18. The van der Waals surface area contributed by atoms with E-state index in [9.17, 15) is 4.79 Å². The third-order valence-corrected chi connectivity index (χ3v) is 3.62. The van der Waals surface area contributed by atoms with E-state index in [1.807, 2.05) is 12.1 Å². The molecule has 0 fully saturated rings. The highest BCUT2D eigenvalue weighted by atomic mass is 16.5. The molecule has 0 saturated carbocycles. The van der Waals surface area contributed by atoms with Gasteiger partial charge in [-0.3, -0.25) is 4.79 Å². The normalized spacial score (nSPS) is 13.8. The van der Waals surface area contributed by atoms with Crippen molar-refractivity contribution in [1.82, 2.24) is 0 Å². The molecule has 4 heteroatoms.